The maximum atomic E-state index is 12.3. The third kappa shape index (κ3) is 4.83. The molecule has 6 heteroatoms. The summed E-state index contributed by atoms with van der Waals surface area (Å²) in [5.74, 6) is 0.231. The van der Waals surface area contributed by atoms with E-state index in [1.165, 1.54) is 6.07 Å². The van der Waals surface area contributed by atoms with Gasteiger partial charge in [0, 0.05) is 23.7 Å². The third-order valence-corrected chi connectivity index (χ3v) is 4.80. The first kappa shape index (κ1) is 17.9. The van der Waals surface area contributed by atoms with E-state index in [2.05, 4.69) is 5.32 Å². The second kappa shape index (κ2) is 8.49. The van der Waals surface area contributed by atoms with Crippen molar-refractivity contribution < 1.29 is 9.53 Å². The molecule has 3 rings (SSSR count). The number of hydrogen-bond acceptors (Lipinski definition) is 4. The summed E-state index contributed by atoms with van der Waals surface area (Å²) in [7, 11) is 1.83. The van der Waals surface area contributed by atoms with Crippen LogP contribution in [0.2, 0.25) is 0 Å². The molecule has 5 nitrogen and oxygen atoms in total. The smallest absolute Gasteiger partial charge is 0.225 e. The molecule has 1 aromatic carbocycles. The Hall–Kier alpha value is -2.86. The van der Waals surface area contributed by atoms with Gasteiger partial charge < -0.3 is 14.6 Å². The summed E-state index contributed by atoms with van der Waals surface area (Å²) in [6, 6.07) is 15.0. The average molecular weight is 368 g/mol. The molecule has 0 aliphatic heterocycles. The highest BCUT2D eigenvalue weighted by Gasteiger charge is 2.09. The van der Waals surface area contributed by atoms with Gasteiger partial charge in [-0.3, -0.25) is 9.59 Å². The molecule has 0 saturated heterocycles. The number of amides is 1. The van der Waals surface area contributed by atoms with Gasteiger partial charge in [-0.2, -0.15) is 0 Å². The SMILES string of the molecule is Cn1cc(OCc2ccccc2)c(=O)cc1CNC(=O)Cc1cccs1. The maximum absolute atomic E-state index is 12.3. The van der Waals surface area contributed by atoms with Crippen LogP contribution < -0.4 is 15.5 Å². The number of aryl methyl sites for hydroxylation is 1. The zero-order valence-electron chi connectivity index (χ0n) is 14.5. The Morgan fingerprint density at radius 2 is 2.00 bits per heavy atom. The Bertz CT molecular complexity index is 918. The van der Waals surface area contributed by atoms with Gasteiger partial charge in [0.25, 0.3) is 0 Å². The number of nitrogens with one attached hydrogen (secondary N) is 1. The fourth-order valence-electron chi connectivity index (χ4n) is 2.49. The highest BCUT2D eigenvalue weighted by molar-refractivity contribution is 7.10. The average Bonchev–Trinajstić information content (AvgIpc) is 3.14. The Morgan fingerprint density at radius 3 is 2.73 bits per heavy atom. The Morgan fingerprint density at radius 1 is 1.19 bits per heavy atom. The van der Waals surface area contributed by atoms with Gasteiger partial charge in [0.15, 0.2) is 5.75 Å². The van der Waals surface area contributed by atoms with Crippen molar-refractivity contribution in [3.8, 4) is 5.75 Å². The molecule has 2 heterocycles. The number of thiophene rings is 1. The Kier molecular flexibility index (Phi) is 5.86. The number of nitrogens with zero attached hydrogens (tertiary/aromatic N) is 1. The van der Waals surface area contributed by atoms with Gasteiger partial charge in [-0.25, -0.2) is 0 Å². The molecular weight excluding hydrogens is 348 g/mol. The van der Waals surface area contributed by atoms with Gasteiger partial charge in [-0.15, -0.1) is 11.3 Å². The molecular formula is C20H20N2O3S. The normalized spacial score (nSPS) is 10.5. The van der Waals surface area contributed by atoms with Crippen molar-refractivity contribution in [2.24, 2.45) is 7.05 Å². The molecule has 2 aromatic heterocycles. The van der Waals surface area contributed by atoms with Gasteiger partial charge >= 0.3 is 0 Å². The summed E-state index contributed by atoms with van der Waals surface area (Å²) in [6.45, 7) is 0.641. The fourth-order valence-corrected chi connectivity index (χ4v) is 3.19. The first-order valence-electron chi connectivity index (χ1n) is 8.27. The number of aromatic nitrogens is 1. The summed E-state index contributed by atoms with van der Waals surface area (Å²) in [5.41, 5.74) is 1.53. The lowest BCUT2D eigenvalue weighted by atomic mass is 10.2. The van der Waals surface area contributed by atoms with Crippen LogP contribution in [0.5, 0.6) is 5.75 Å². The second-order valence-corrected chi connectivity index (χ2v) is 6.94. The van der Waals surface area contributed by atoms with E-state index in [0.29, 0.717) is 25.3 Å². The summed E-state index contributed by atoms with van der Waals surface area (Å²) in [5, 5.41) is 4.79. The van der Waals surface area contributed by atoms with Crippen molar-refractivity contribution >= 4 is 17.2 Å². The second-order valence-electron chi connectivity index (χ2n) is 5.91. The van der Waals surface area contributed by atoms with E-state index in [9.17, 15) is 9.59 Å². The first-order valence-corrected chi connectivity index (χ1v) is 9.15. The maximum Gasteiger partial charge on any atom is 0.225 e. The van der Waals surface area contributed by atoms with Crippen LogP contribution in [0.4, 0.5) is 0 Å². The predicted octanol–water partition coefficient (Wildman–Crippen LogP) is 2.88. The van der Waals surface area contributed by atoms with E-state index in [4.69, 9.17) is 4.74 Å². The number of ether oxygens (including phenoxy) is 1. The van der Waals surface area contributed by atoms with Crippen LogP contribution >= 0.6 is 11.3 Å². The molecule has 1 amide bonds. The fraction of sp³-hybridized carbons (Fsp3) is 0.200. The highest BCUT2D eigenvalue weighted by atomic mass is 32.1. The molecule has 3 aromatic rings. The molecule has 0 radical (unpaired) electrons. The summed E-state index contributed by atoms with van der Waals surface area (Å²) in [6.07, 6.45) is 2.01. The minimum absolute atomic E-state index is 0.0655. The van der Waals surface area contributed by atoms with Crippen LogP contribution in [0.3, 0.4) is 0 Å². The minimum atomic E-state index is -0.193. The molecule has 26 heavy (non-hydrogen) atoms. The standard InChI is InChI=1S/C20H20N2O3S/c1-22-13-19(25-14-15-6-3-2-4-7-15)18(23)10-16(22)12-21-20(24)11-17-8-5-9-26-17/h2-10,13H,11-12,14H2,1H3,(H,21,24). The first-order chi connectivity index (χ1) is 12.6. The highest BCUT2D eigenvalue weighted by Crippen LogP contribution is 2.10. The van der Waals surface area contributed by atoms with Crippen molar-refractivity contribution in [1.82, 2.24) is 9.88 Å². The Labute approximate surface area is 155 Å². The lowest BCUT2D eigenvalue weighted by molar-refractivity contribution is -0.120. The molecule has 0 unspecified atom stereocenters. The number of carbonyl (C=O) groups excluding carboxylic acids is 1. The van der Waals surface area contributed by atoms with Crippen molar-refractivity contribution in [2.75, 3.05) is 0 Å². The van der Waals surface area contributed by atoms with Gasteiger partial charge in [-0.05, 0) is 17.0 Å². The number of benzene rings is 1. The van der Waals surface area contributed by atoms with Crippen molar-refractivity contribution in [3.63, 3.8) is 0 Å². The molecule has 0 aliphatic carbocycles. The molecule has 0 aliphatic rings. The zero-order chi connectivity index (χ0) is 18.4. The van der Waals surface area contributed by atoms with Gasteiger partial charge in [-0.1, -0.05) is 36.4 Å². The summed E-state index contributed by atoms with van der Waals surface area (Å²) >= 11 is 1.55. The summed E-state index contributed by atoms with van der Waals surface area (Å²) in [4.78, 5) is 25.3. The van der Waals surface area contributed by atoms with Crippen molar-refractivity contribution in [2.45, 2.75) is 19.6 Å². The topological polar surface area (TPSA) is 60.3 Å². The van der Waals surface area contributed by atoms with E-state index >= 15 is 0 Å². The third-order valence-electron chi connectivity index (χ3n) is 3.92. The molecule has 0 fully saturated rings. The van der Waals surface area contributed by atoms with Gasteiger partial charge in [0.05, 0.1) is 19.2 Å². The zero-order valence-corrected chi connectivity index (χ0v) is 15.3. The van der Waals surface area contributed by atoms with Gasteiger partial charge in [0.1, 0.15) is 6.61 Å². The molecule has 1 N–H and O–H groups in total. The van der Waals surface area contributed by atoms with E-state index in [1.807, 2.05) is 54.9 Å². The van der Waals surface area contributed by atoms with Crippen LogP contribution in [0, 0.1) is 0 Å². The van der Waals surface area contributed by atoms with E-state index < -0.39 is 0 Å². The van der Waals surface area contributed by atoms with Crippen molar-refractivity contribution in [3.05, 3.63) is 86.5 Å². The predicted molar refractivity (Wildman–Crippen MR) is 102 cm³/mol. The Balaban J connectivity index is 1.59. The van der Waals surface area contributed by atoms with E-state index in [1.54, 1.807) is 22.1 Å². The van der Waals surface area contributed by atoms with Crippen LogP contribution in [-0.4, -0.2) is 10.5 Å². The van der Waals surface area contributed by atoms with Crippen LogP contribution in [0.1, 0.15) is 16.1 Å². The van der Waals surface area contributed by atoms with Crippen LogP contribution in [-0.2, 0) is 31.4 Å². The molecule has 0 bridgehead atoms. The number of carbonyl (C=O) groups is 1. The molecule has 0 saturated carbocycles. The minimum Gasteiger partial charge on any atom is -0.483 e. The lowest BCUT2D eigenvalue weighted by Gasteiger charge is -2.12. The van der Waals surface area contributed by atoms with Crippen LogP contribution in [0.25, 0.3) is 0 Å². The monoisotopic (exact) mass is 368 g/mol. The van der Waals surface area contributed by atoms with Gasteiger partial charge in [0.2, 0.25) is 11.3 Å². The van der Waals surface area contributed by atoms with E-state index in [0.717, 1.165) is 16.1 Å². The lowest BCUT2D eigenvalue weighted by Crippen LogP contribution is -2.26. The molecule has 134 valence electrons. The van der Waals surface area contributed by atoms with Crippen LogP contribution in [0.15, 0.2) is 64.9 Å². The quantitative estimate of drug-likeness (QED) is 0.698. The van der Waals surface area contributed by atoms with Crippen molar-refractivity contribution in [1.29, 1.82) is 0 Å². The molecule has 0 spiro atoms. The largest absolute Gasteiger partial charge is 0.483 e. The number of pyridine rings is 1. The van der Waals surface area contributed by atoms with E-state index in [-0.39, 0.29) is 11.3 Å². The number of hydrogen-bond donors (Lipinski definition) is 1. The molecule has 0 atom stereocenters. The number of rotatable bonds is 7. The summed E-state index contributed by atoms with van der Waals surface area (Å²) < 4.78 is 7.43.